The topological polar surface area (TPSA) is 74.3 Å². The minimum atomic E-state index is -0.503. The number of urea groups is 1. The number of nitrogens with one attached hydrogen (secondary N) is 2. The van der Waals surface area contributed by atoms with Gasteiger partial charge in [-0.25, -0.2) is 9.78 Å². The first-order valence-corrected chi connectivity index (χ1v) is 9.11. The predicted molar refractivity (Wildman–Crippen MR) is 91.6 cm³/mol. The van der Waals surface area contributed by atoms with Crippen molar-refractivity contribution in [3.63, 3.8) is 0 Å². The van der Waals surface area contributed by atoms with E-state index >= 15 is 0 Å². The molecule has 2 atom stereocenters. The molecule has 1 aliphatic rings. The Morgan fingerprint density at radius 2 is 2.26 bits per heavy atom. The van der Waals surface area contributed by atoms with Crippen LogP contribution < -0.4 is 10.6 Å². The first-order chi connectivity index (χ1) is 11.0. The molecule has 2 heterocycles. The highest BCUT2D eigenvalue weighted by Crippen LogP contribution is 2.17. The summed E-state index contributed by atoms with van der Waals surface area (Å²) in [7, 11) is 0. The van der Waals surface area contributed by atoms with Crippen molar-refractivity contribution in [2.75, 3.05) is 13.1 Å². The van der Waals surface area contributed by atoms with E-state index in [1.54, 1.807) is 18.3 Å². The minimum absolute atomic E-state index is 0.00229. The Kier molecular flexibility index (Phi) is 6.38. The lowest BCUT2D eigenvalue weighted by Gasteiger charge is -2.35. The normalized spacial score (nSPS) is 19.3. The molecule has 3 amide bonds. The molecule has 0 aromatic carbocycles. The smallest absolute Gasteiger partial charge is 0.315 e. The third-order valence-electron chi connectivity index (χ3n) is 4.14. The van der Waals surface area contributed by atoms with Crippen molar-refractivity contribution in [1.29, 1.82) is 0 Å². The second kappa shape index (κ2) is 8.29. The van der Waals surface area contributed by atoms with Crippen LogP contribution in [0, 0.1) is 6.92 Å². The quantitative estimate of drug-likeness (QED) is 0.863. The molecule has 128 valence electrons. The molecule has 2 rings (SSSR count). The molecule has 0 aliphatic carbocycles. The third-order valence-corrected chi connectivity index (χ3v) is 4.96. The van der Waals surface area contributed by atoms with Gasteiger partial charge in [0.15, 0.2) is 0 Å². The lowest BCUT2D eigenvalue weighted by Crippen LogP contribution is -2.53. The minimum Gasteiger partial charge on any atom is -0.338 e. The predicted octanol–water partition coefficient (Wildman–Crippen LogP) is 2.08. The van der Waals surface area contributed by atoms with Gasteiger partial charge in [0.25, 0.3) is 0 Å². The summed E-state index contributed by atoms with van der Waals surface area (Å²) < 4.78 is 0. The van der Waals surface area contributed by atoms with Crippen molar-refractivity contribution in [3.8, 4) is 0 Å². The van der Waals surface area contributed by atoms with Gasteiger partial charge in [0, 0.05) is 30.9 Å². The number of thiazole rings is 1. The molecule has 1 aromatic rings. The second-order valence-corrected chi connectivity index (χ2v) is 7.17. The molecule has 2 unspecified atom stereocenters. The van der Waals surface area contributed by atoms with Gasteiger partial charge in [0.1, 0.15) is 6.04 Å². The van der Waals surface area contributed by atoms with E-state index in [0.717, 1.165) is 30.1 Å². The zero-order chi connectivity index (χ0) is 16.8. The highest BCUT2D eigenvalue weighted by molar-refractivity contribution is 7.09. The molecular weight excluding hydrogens is 312 g/mol. The molecule has 1 fully saturated rings. The van der Waals surface area contributed by atoms with Crippen LogP contribution in [-0.2, 0) is 11.2 Å². The first-order valence-electron chi connectivity index (χ1n) is 8.23. The fraction of sp³-hybridized carbons (Fsp3) is 0.688. The van der Waals surface area contributed by atoms with Gasteiger partial charge in [-0.3, -0.25) is 4.79 Å². The highest BCUT2D eigenvalue weighted by atomic mass is 32.1. The van der Waals surface area contributed by atoms with Crippen LogP contribution in [0.15, 0.2) is 5.38 Å². The Morgan fingerprint density at radius 3 is 2.91 bits per heavy atom. The number of carbonyl (C=O) groups excluding carboxylic acids is 2. The van der Waals surface area contributed by atoms with E-state index in [2.05, 4.69) is 22.5 Å². The van der Waals surface area contributed by atoms with Gasteiger partial charge in [-0.2, -0.15) is 0 Å². The zero-order valence-electron chi connectivity index (χ0n) is 14.1. The number of piperidine rings is 1. The van der Waals surface area contributed by atoms with E-state index in [-0.39, 0.29) is 18.0 Å². The van der Waals surface area contributed by atoms with Crippen LogP contribution in [0.25, 0.3) is 0 Å². The van der Waals surface area contributed by atoms with Crippen LogP contribution >= 0.6 is 11.3 Å². The monoisotopic (exact) mass is 338 g/mol. The number of carbonyl (C=O) groups is 2. The van der Waals surface area contributed by atoms with Crippen LogP contribution in [0.1, 0.15) is 43.8 Å². The molecule has 7 heteroatoms. The van der Waals surface area contributed by atoms with Gasteiger partial charge in [-0.05, 0) is 40.0 Å². The molecule has 0 saturated carbocycles. The Labute approximate surface area is 141 Å². The molecule has 0 spiro atoms. The number of hydrogen-bond acceptors (Lipinski definition) is 4. The Balaban J connectivity index is 1.72. The fourth-order valence-electron chi connectivity index (χ4n) is 2.81. The van der Waals surface area contributed by atoms with Crippen LogP contribution in [0.3, 0.4) is 0 Å². The van der Waals surface area contributed by atoms with Gasteiger partial charge in [0.2, 0.25) is 5.91 Å². The number of aromatic nitrogens is 1. The maximum Gasteiger partial charge on any atom is 0.315 e. The summed E-state index contributed by atoms with van der Waals surface area (Å²) in [4.78, 5) is 30.6. The number of aryl methyl sites for hydroxylation is 1. The van der Waals surface area contributed by atoms with E-state index in [4.69, 9.17) is 0 Å². The number of amides is 3. The number of rotatable bonds is 5. The lowest BCUT2D eigenvalue weighted by atomic mass is 10.0. The van der Waals surface area contributed by atoms with E-state index < -0.39 is 6.04 Å². The van der Waals surface area contributed by atoms with Crippen LogP contribution in [0.2, 0.25) is 0 Å². The van der Waals surface area contributed by atoms with Gasteiger partial charge in [-0.1, -0.05) is 0 Å². The standard InChI is InChI=1S/C16H26N4O2S/c1-11-6-4-5-9-20(11)15(21)12(2)18-16(22)17-8-7-14-10-23-13(3)19-14/h10-12H,4-9H2,1-3H3,(H2,17,18,22). The lowest BCUT2D eigenvalue weighted by molar-refractivity contribution is -0.136. The summed E-state index contributed by atoms with van der Waals surface area (Å²) in [6.07, 6.45) is 3.95. The van der Waals surface area contributed by atoms with Crippen LogP contribution in [0.4, 0.5) is 4.79 Å². The molecule has 1 aliphatic heterocycles. The van der Waals surface area contributed by atoms with Crippen molar-refractivity contribution < 1.29 is 9.59 Å². The third kappa shape index (κ3) is 5.20. The summed E-state index contributed by atoms with van der Waals surface area (Å²) in [5.41, 5.74) is 0.985. The van der Waals surface area contributed by atoms with Crippen molar-refractivity contribution in [2.45, 2.75) is 58.5 Å². The first kappa shape index (κ1) is 17.7. The maximum absolute atomic E-state index is 12.4. The van der Waals surface area contributed by atoms with E-state index in [0.29, 0.717) is 13.0 Å². The van der Waals surface area contributed by atoms with Gasteiger partial charge in [0.05, 0.1) is 10.7 Å². The molecule has 2 N–H and O–H groups in total. The highest BCUT2D eigenvalue weighted by Gasteiger charge is 2.27. The molecule has 1 aromatic heterocycles. The van der Waals surface area contributed by atoms with E-state index in [9.17, 15) is 9.59 Å². The number of hydrogen-bond donors (Lipinski definition) is 2. The van der Waals surface area contributed by atoms with Gasteiger partial charge in [-0.15, -0.1) is 11.3 Å². The van der Waals surface area contributed by atoms with Gasteiger partial charge >= 0.3 is 6.03 Å². The SMILES string of the molecule is Cc1nc(CCNC(=O)NC(C)C(=O)N2CCCCC2C)cs1. The Hall–Kier alpha value is -1.63. The summed E-state index contributed by atoms with van der Waals surface area (Å²) in [6, 6.07) is -0.545. The molecular formula is C16H26N4O2S. The largest absolute Gasteiger partial charge is 0.338 e. The van der Waals surface area contributed by atoms with Crippen molar-refractivity contribution in [1.82, 2.24) is 20.5 Å². The fourth-order valence-corrected chi connectivity index (χ4v) is 3.46. The summed E-state index contributed by atoms with van der Waals surface area (Å²) in [5.74, 6) is 0.00229. The van der Waals surface area contributed by atoms with Crippen molar-refractivity contribution in [2.24, 2.45) is 0 Å². The zero-order valence-corrected chi connectivity index (χ0v) is 14.9. The van der Waals surface area contributed by atoms with Crippen molar-refractivity contribution in [3.05, 3.63) is 16.1 Å². The molecule has 0 radical (unpaired) electrons. The molecule has 0 bridgehead atoms. The second-order valence-electron chi connectivity index (χ2n) is 6.11. The van der Waals surface area contributed by atoms with Crippen molar-refractivity contribution >= 4 is 23.3 Å². The van der Waals surface area contributed by atoms with Crippen LogP contribution in [0.5, 0.6) is 0 Å². The summed E-state index contributed by atoms with van der Waals surface area (Å²) in [6.45, 7) is 7.07. The molecule has 1 saturated heterocycles. The maximum atomic E-state index is 12.4. The molecule has 6 nitrogen and oxygen atoms in total. The van der Waals surface area contributed by atoms with Gasteiger partial charge < -0.3 is 15.5 Å². The number of likely N-dealkylation sites (tertiary alicyclic amines) is 1. The van der Waals surface area contributed by atoms with Crippen LogP contribution in [-0.4, -0.2) is 47.0 Å². The Bertz CT molecular complexity index is 546. The summed E-state index contributed by atoms with van der Waals surface area (Å²) >= 11 is 1.60. The Morgan fingerprint density at radius 1 is 1.48 bits per heavy atom. The van der Waals surface area contributed by atoms with E-state index in [1.165, 1.54) is 6.42 Å². The number of nitrogens with zero attached hydrogens (tertiary/aromatic N) is 2. The average Bonchev–Trinajstić information content (AvgIpc) is 2.92. The van der Waals surface area contributed by atoms with E-state index in [1.807, 2.05) is 17.2 Å². The molecule has 23 heavy (non-hydrogen) atoms. The average molecular weight is 338 g/mol. The summed E-state index contributed by atoms with van der Waals surface area (Å²) in [5, 5.41) is 8.54.